The monoisotopic (exact) mass is 357 g/mol. The van der Waals surface area contributed by atoms with Crippen LogP contribution in [0.25, 0.3) is 0 Å². The summed E-state index contributed by atoms with van der Waals surface area (Å²) < 4.78 is 31.8. The van der Waals surface area contributed by atoms with Crippen LogP contribution in [0.2, 0.25) is 0 Å². The molecule has 1 aromatic rings. The van der Waals surface area contributed by atoms with Crippen LogP contribution in [0, 0.1) is 0 Å². The van der Waals surface area contributed by atoms with Gasteiger partial charge in [-0.15, -0.1) is 0 Å². The molecule has 0 aliphatic carbocycles. The molecular weight excluding hydrogens is 332 g/mol. The van der Waals surface area contributed by atoms with Gasteiger partial charge in [0, 0.05) is 31.5 Å². The molecule has 2 aliphatic rings. The second-order valence-corrected chi connectivity index (χ2v) is 7.34. The molecule has 0 radical (unpaired) electrons. The fraction of sp³-hybridized carbons (Fsp3) is 0.812. The van der Waals surface area contributed by atoms with E-state index in [1.165, 1.54) is 0 Å². The number of alkyl halides is 2. The first-order chi connectivity index (χ1) is 11.7. The predicted molar refractivity (Wildman–Crippen MR) is 86.2 cm³/mol. The Morgan fingerprint density at radius 2 is 2.28 bits per heavy atom. The summed E-state index contributed by atoms with van der Waals surface area (Å²) in [7, 11) is 1.95. The molecule has 1 aromatic heterocycles. The number of nitrogens with one attached hydrogen (secondary N) is 1. The Balaban J connectivity index is 1.52. The number of carbonyl (C=O) groups is 1. The normalized spacial score (nSPS) is 26.1. The minimum atomic E-state index is -2.79. The predicted octanol–water partition coefficient (Wildman–Crippen LogP) is 1.22. The van der Waals surface area contributed by atoms with Crippen LogP contribution < -0.4 is 5.32 Å². The molecule has 7 nitrogen and oxygen atoms in total. The van der Waals surface area contributed by atoms with Gasteiger partial charge >= 0.3 is 0 Å². The Morgan fingerprint density at radius 3 is 2.88 bits per heavy atom. The summed E-state index contributed by atoms with van der Waals surface area (Å²) in [6, 6.07) is -0.614. The Kier molecular flexibility index (Phi) is 5.06. The number of hydrogen-bond acceptors (Lipinski definition) is 6. The van der Waals surface area contributed by atoms with E-state index in [2.05, 4.69) is 20.4 Å². The number of halogens is 2. The van der Waals surface area contributed by atoms with Crippen molar-refractivity contribution in [3.8, 4) is 0 Å². The summed E-state index contributed by atoms with van der Waals surface area (Å²) in [5, 5.41) is 6.61. The quantitative estimate of drug-likeness (QED) is 0.854. The summed E-state index contributed by atoms with van der Waals surface area (Å²) in [6.07, 6.45) is 0.393. The summed E-state index contributed by atoms with van der Waals surface area (Å²) in [5.41, 5.74) is 0. The first kappa shape index (κ1) is 18.2. The third kappa shape index (κ3) is 4.14. The molecule has 140 valence electrons. The van der Waals surface area contributed by atoms with Crippen molar-refractivity contribution >= 4 is 5.91 Å². The number of rotatable bonds is 5. The third-order valence-corrected chi connectivity index (χ3v) is 4.87. The summed E-state index contributed by atoms with van der Waals surface area (Å²) in [4.78, 5) is 20.5. The number of likely N-dealkylation sites (tertiary alicyclic amines) is 1. The van der Waals surface area contributed by atoms with E-state index in [1.807, 2.05) is 20.9 Å². The zero-order valence-electron chi connectivity index (χ0n) is 14.8. The highest BCUT2D eigenvalue weighted by Crippen LogP contribution is 2.27. The number of amides is 1. The van der Waals surface area contributed by atoms with Gasteiger partial charge in [0.2, 0.25) is 11.8 Å². The molecule has 1 N–H and O–H groups in total. The summed E-state index contributed by atoms with van der Waals surface area (Å²) in [5.74, 6) is -1.60. The van der Waals surface area contributed by atoms with Crippen molar-refractivity contribution in [2.75, 3.05) is 26.7 Å². The number of hydrogen-bond donors (Lipinski definition) is 1. The van der Waals surface area contributed by atoms with Crippen LogP contribution >= 0.6 is 0 Å². The van der Waals surface area contributed by atoms with Crippen LogP contribution in [0.4, 0.5) is 8.78 Å². The van der Waals surface area contributed by atoms with Crippen LogP contribution in [0.15, 0.2) is 4.52 Å². The van der Waals surface area contributed by atoms with Gasteiger partial charge in [-0.3, -0.25) is 15.0 Å². The standard InChI is InChI=1S/C16H25F2N5O2/c1-10(2)14-20-13(21-25-14)8-22(3)11-4-5-23(7-11)15(24)12-6-16(17,18)9-19-12/h10-12,19H,4-9H2,1-3H3. The number of carbonyl (C=O) groups excluding carboxylic acids is 1. The molecule has 0 spiro atoms. The highest BCUT2D eigenvalue weighted by molar-refractivity contribution is 5.82. The Morgan fingerprint density at radius 1 is 1.52 bits per heavy atom. The first-order valence-corrected chi connectivity index (χ1v) is 8.68. The number of nitrogens with zero attached hydrogens (tertiary/aromatic N) is 4. The Hall–Kier alpha value is -1.61. The van der Waals surface area contributed by atoms with Gasteiger partial charge in [-0.1, -0.05) is 19.0 Å². The van der Waals surface area contributed by atoms with Gasteiger partial charge in [-0.2, -0.15) is 4.98 Å². The lowest BCUT2D eigenvalue weighted by molar-refractivity contribution is -0.132. The van der Waals surface area contributed by atoms with E-state index in [-0.39, 0.29) is 17.9 Å². The maximum Gasteiger partial charge on any atom is 0.262 e. The maximum atomic E-state index is 13.3. The third-order valence-electron chi connectivity index (χ3n) is 4.87. The summed E-state index contributed by atoms with van der Waals surface area (Å²) >= 11 is 0. The Labute approximate surface area is 145 Å². The maximum absolute atomic E-state index is 13.3. The van der Waals surface area contributed by atoms with Crippen molar-refractivity contribution in [2.24, 2.45) is 0 Å². The van der Waals surface area contributed by atoms with E-state index in [4.69, 9.17) is 4.52 Å². The minimum absolute atomic E-state index is 0.159. The lowest BCUT2D eigenvalue weighted by Gasteiger charge is -2.24. The van der Waals surface area contributed by atoms with Gasteiger partial charge in [0.1, 0.15) is 0 Å². The molecule has 2 aliphatic heterocycles. The molecule has 2 unspecified atom stereocenters. The zero-order chi connectivity index (χ0) is 18.2. The van der Waals surface area contributed by atoms with E-state index >= 15 is 0 Å². The van der Waals surface area contributed by atoms with Crippen LogP contribution in [-0.4, -0.2) is 70.5 Å². The van der Waals surface area contributed by atoms with Crippen LogP contribution in [0.1, 0.15) is 44.3 Å². The molecule has 9 heteroatoms. The van der Waals surface area contributed by atoms with Gasteiger partial charge in [0.05, 0.1) is 19.1 Å². The second kappa shape index (κ2) is 6.95. The lowest BCUT2D eigenvalue weighted by Crippen LogP contribution is -2.44. The minimum Gasteiger partial charge on any atom is -0.340 e. The van der Waals surface area contributed by atoms with E-state index in [0.29, 0.717) is 31.3 Å². The SMILES string of the molecule is CC(C)c1nc(CN(C)C2CCN(C(=O)C3CC(F)(F)CN3)C2)no1. The first-order valence-electron chi connectivity index (χ1n) is 8.68. The van der Waals surface area contributed by atoms with Crippen molar-refractivity contribution in [2.45, 2.75) is 57.2 Å². The summed E-state index contributed by atoms with van der Waals surface area (Å²) in [6.45, 7) is 5.21. The molecule has 3 heterocycles. The Bertz CT molecular complexity index is 621. The zero-order valence-corrected chi connectivity index (χ0v) is 14.8. The van der Waals surface area contributed by atoms with E-state index in [0.717, 1.165) is 6.42 Å². The van der Waals surface area contributed by atoms with Crippen molar-refractivity contribution in [3.63, 3.8) is 0 Å². The largest absolute Gasteiger partial charge is 0.340 e. The molecule has 2 fully saturated rings. The van der Waals surface area contributed by atoms with Gasteiger partial charge < -0.3 is 9.42 Å². The molecular formula is C16H25F2N5O2. The lowest BCUT2D eigenvalue weighted by atomic mass is 10.1. The smallest absolute Gasteiger partial charge is 0.262 e. The molecule has 2 saturated heterocycles. The van der Waals surface area contributed by atoms with Gasteiger partial charge in [-0.05, 0) is 13.5 Å². The average Bonchev–Trinajstić information content (AvgIpc) is 3.25. The van der Waals surface area contributed by atoms with Crippen molar-refractivity contribution < 1.29 is 18.1 Å². The molecule has 2 atom stereocenters. The fourth-order valence-electron chi connectivity index (χ4n) is 3.33. The average molecular weight is 357 g/mol. The molecule has 1 amide bonds. The van der Waals surface area contributed by atoms with Crippen molar-refractivity contribution in [1.29, 1.82) is 0 Å². The van der Waals surface area contributed by atoms with Gasteiger partial charge in [0.15, 0.2) is 5.82 Å². The molecule has 0 aromatic carbocycles. The van der Waals surface area contributed by atoms with Crippen LogP contribution in [0.3, 0.4) is 0 Å². The molecule has 3 rings (SSSR count). The van der Waals surface area contributed by atoms with Gasteiger partial charge in [-0.25, -0.2) is 8.78 Å². The molecule has 25 heavy (non-hydrogen) atoms. The fourth-order valence-corrected chi connectivity index (χ4v) is 3.33. The molecule has 0 saturated carbocycles. The highest BCUT2D eigenvalue weighted by Gasteiger charge is 2.44. The van der Waals surface area contributed by atoms with Crippen LogP contribution in [-0.2, 0) is 11.3 Å². The van der Waals surface area contributed by atoms with E-state index < -0.39 is 24.9 Å². The number of aromatic nitrogens is 2. The number of likely N-dealkylation sites (N-methyl/N-ethyl adjacent to an activating group) is 1. The van der Waals surface area contributed by atoms with Crippen LogP contribution in [0.5, 0.6) is 0 Å². The highest BCUT2D eigenvalue weighted by atomic mass is 19.3. The van der Waals surface area contributed by atoms with Gasteiger partial charge in [0.25, 0.3) is 5.92 Å². The second-order valence-electron chi connectivity index (χ2n) is 7.34. The van der Waals surface area contributed by atoms with Crippen molar-refractivity contribution in [1.82, 2.24) is 25.3 Å². The van der Waals surface area contributed by atoms with E-state index in [9.17, 15) is 13.6 Å². The van der Waals surface area contributed by atoms with E-state index in [1.54, 1.807) is 4.90 Å². The van der Waals surface area contributed by atoms with Crippen molar-refractivity contribution in [3.05, 3.63) is 11.7 Å². The molecule has 0 bridgehead atoms. The topological polar surface area (TPSA) is 74.5 Å².